The number of fused-ring (bicyclic) bond motifs is 1. The molecule has 3 aromatic carbocycles. The molecule has 0 amide bonds. The van der Waals surface area contributed by atoms with Gasteiger partial charge in [-0.1, -0.05) is 93.6 Å². The van der Waals surface area contributed by atoms with Crippen LogP contribution in [0.25, 0.3) is 23.1 Å². The first-order valence-electron chi connectivity index (χ1n) is 15.0. The number of hydrogen-bond donors (Lipinski definition) is 0. The smallest absolute Gasteiger partial charge is 0.130 e. The molecule has 0 spiro atoms. The first-order valence-corrected chi connectivity index (χ1v) is 16.0. The lowest BCUT2D eigenvalue weighted by Gasteiger charge is -2.25. The average molecular weight is 562 g/mol. The molecule has 1 aromatic heterocycles. The van der Waals surface area contributed by atoms with E-state index in [1.807, 2.05) is 0 Å². The minimum atomic E-state index is 0.124. The van der Waals surface area contributed by atoms with Gasteiger partial charge in [0.25, 0.3) is 0 Å². The molecule has 1 unspecified atom stereocenters. The van der Waals surface area contributed by atoms with Crippen molar-refractivity contribution in [1.29, 1.82) is 0 Å². The van der Waals surface area contributed by atoms with Gasteiger partial charge in [0.15, 0.2) is 0 Å². The Kier molecular flexibility index (Phi) is 8.85. The molecular weight excluding hydrogens is 518 g/mol. The summed E-state index contributed by atoms with van der Waals surface area (Å²) in [4.78, 5) is 16.8. The number of carbonyl (C=O) groups is 1. The van der Waals surface area contributed by atoms with E-state index in [2.05, 4.69) is 130 Å². The number of rotatable bonds is 11. The highest BCUT2D eigenvalue weighted by Crippen LogP contribution is 2.53. The second-order valence-electron chi connectivity index (χ2n) is 13.1. The Labute approximate surface area is 250 Å². The topological polar surface area (TPSA) is 30.0 Å². The molecule has 1 fully saturated rings. The normalized spacial score (nSPS) is 15.3. The molecule has 0 radical (unpaired) electrons. The molecule has 1 heterocycles. The van der Waals surface area contributed by atoms with Crippen molar-refractivity contribution in [2.45, 2.75) is 77.4 Å². The highest BCUT2D eigenvalue weighted by atomic mass is 32.2. The summed E-state index contributed by atoms with van der Waals surface area (Å²) in [6.45, 7) is 10.8. The Morgan fingerprint density at radius 2 is 1.76 bits per heavy atom. The Morgan fingerprint density at radius 1 is 0.976 bits per heavy atom. The molecule has 3 heteroatoms. The van der Waals surface area contributed by atoms with Gasteiger partial charge in [-0.05, 0) is 102 Å². The van der Waals surface area contributed by atoms with Crippen molar-refractivity contribution < 1.29 is 4.79 Å². The third-order valence-corrected chi connectivity index (χ3v) is 9.96. The van der Waals surface area contributed by atoms with Crippen molar-refractivity contribution >= 4 is 40.6 Å². The Bertz CT molecular complexity index is 1560. The molecule has 0 saturated heterocycles. The third kappa shape index (κ3) is 7.77. The van der Waals surface area contributed by atoms with Gasteiger partial charge < -0.3 is 4.79 Å². The van der Waals surface area contributed by atoms with Crippen LogP contribution in [0.3, 0.4) is 0 Å². The number of hydrogen-bond acceptors (Lipinski definition) is 3. The summed E-state index contributed by atoms with van der Waals surface area (Å²) in [7, 11) is 0. The minimum absolute atomic E-state index is 0.124. The predicted octanol–water partition coefficient (Wildman–Crippen LogP) is 10.2. The molecule has 2 nitrogen and oxygen atoms in total. The quantitative estimate of drug-likeness (QED) is 0.182. The number of Topliss-reactive ketones (excluding diaryl/α,β-unsaturated/α-hetero) is 1. The fourth-order valence-corrected chi connectivity index (χ4v) is 7.41. The molecule has 1 aliphatic rings. The van der Waals surface area contributed by atoms with E-state index in [4.69, 9.17) is 4.98 Å². The first-order chi connectivity index (χ1) is 19.6. The van der Waals surface area contributed by atoms with E-state index in [-0.39, 0.29) is 10.8 Å². The molecule has 1 aliphatic carbocycles. The lowest BCUT2D eigenvalue weighted by Crippen LogP contribution is -2.15. The number of benzene rings is 3. The molecule has 1 saturated carbocycles. The van der Waals surface area contributed by atoms with Crippen molar-refractivity contribution in [3.8, 4) is 0 Å². The Balaban J connectivity index is 1.37. The van der Waals surface area contributed by atoms with Gasteiger partial charge >= 0.3 is 0 Å². The summed E-state index contributed by atoms with van der Waals surface area (Å²) in [6.07, 6.45) is 9.51. The van der Waals surface area contributed by atoms with Crippen molar-refractivity contribution in [3.63, 3.8) is 0 Å². The molecule has 41 heavy (non-hydrogen) atoms. The van der Waals surface area contributed by atoms with Crippen LogP contribution < -0.4 is 0 Å². The maximum atomic E-state index is 12.0. The summed E-state index contributed by atoms with van der Waals surface area (Å²) in [6, 6.07) is 28.6. The molecular formula is C38H43NOS. The molecule has 212 valence electrons. The van der Waals surface area contributed by atoms with Gasteiger partial charge in [0, 0.05) is 17.1 Å². The number of nitrogens with zero attached hydrogens (tertiary/aromatic N) is 1. The summed E-state index contributed by atoms with van der Waals surface area (Å²) in [5.41, 5.74) is 9.02. The second kappa shape index (κ2) is 12.4. The van der Waals surface area contributed by atoms with Crippen molar-refractivity contribution in [1.82, 2.24) is 4.98 Å². The largest absolute Gasteiger partial charge is 0.300 e. The van der Waals surface area contributed by atoms with Crippen LogP contribution in [0.15, 0.2) is 78.9 Å². The molecule has 0 bridgehead atoms. The lowest BCUT2D eigenvalue weighted by atomic mass is 9.82. The molecule has 0 N–H and O–H groups in total. The highest BCUT2D eigenvalue weighted by molar-refractivity contribution is 7.99. The zero-order valence-corrected chi connectivity index (χ0v) is 26.1. The van der Waals surface area contributed by atoms with E-state index in [1.165, 1.54) is 46.0 Å². The van der Waals surface area contributed by atoms with Crippen molar-refractivity contribution in [2.75, 3.05) is 5.75 Å². The number of aromatic nitrogens is 1. The van der Waals surface area contributed by atoms with E-state index in [0.717, 1.165) is 36.2 Å². The van der Waals surface area contributed by atoms with Gasteiger partial charge in [-0.2, -0.15) is 11.8 Å². The minimum Gasteiger partial charge on any atom is -0.300 e. The fraction of sp³-hybridized carbons (Fsp3) is 0.368. The van der Waals surface area contributed by atoms with Crippen LogP contribution in [-0.4, -0.2) is 16.5 Å². The van der Waals surface area contributed by atoms with E-state index in [0.29, 0.717) is 11.0 Å². The summed E-state index contributed by atoms with van der Waals surface area (Å²) >= 11 is 2.06. The van der Waals surface area contributed by atoms with Gasteiger partial charge in [0.2, 0.25) is 0 Å². The summed E-state index contributed by atoms with van der Waals surface area (Å²) in [5, 5.41) is 1.54. The molecule has 1 atom stereocenters. The van der Waals surface area contributed by atoms with Crippen LogP contribution >= 0.6 is 11.8 Å². The van der Waals surface area contributed by atoms with Crippen LogP contribution in [-0.2, 0) is 16.6 Å². The lowest BCUT2D eigenvalue weighted by molar-refractivity contribution is -0.117. The van der Waals surface area contributed by atoms with Crippen LogP contribution in [0.4, 0.5) is 0 Å². The third-order valence-electron chi connectivity index (χ3n) is 8.27. The Morgan fingerprint density at radius 3 is 2.51 bits per heavy atom. The first kappa shape index (κ1) is 29.3. The Hall–Kier alpha value is -3.17. The van der Waals surface area contributed by atoms with Gasteiger partial charge in [-0.15, -0.1) is 0 Å². The van der Waals surface area contributed by atoms with Crippen molar-refractivity contribution in [3.05, 3.63) is 112 Å². The van der Waals surface area contributed by atoms with Crippen LogP contribution in [0.5, 0.6) is 0 Å². The van der Waals surface area contributed by atoms with Crippen molar-refractivity contribution in [2.24, 2.45) is 5.41 Å². The maximum absolute atomic E-state index is 12.0. The number of ketones is 1. The molecule has 5 rings (SSSR count). The van der Waals surface area contributed by atoms with Gasteiger partial charge in [0.1, 0.15) is 5.78 Å². The van der Waals surface area contributed by atoms with E-state index >= 15 is 0 Å². The van der Waals surface area contributed by atoms with E-state index in [1.54, 1.807) is 6.92 Å². The standard InChI is InChI=1S/C38H43NOS/c1-27-13-15-31-16-19-33(39-35(31)23-27)18-14-29-9-8-11-32(24-29)36(41-26-38(21-22-38)25-28(2)40)20-17-30-10-6-7-12-34(30)37(3,4)5/h6-16,18-19,23-24,36H,17,20-22,25-26H2,1-5H3/b18-14+. The molecule has 0 aliphatic heterocycles. The summed E-state index contributed by atoms with van der Waals surface area (Å²) in [5.74, 6) is 1.38. The second-order valence-corrected chi connectivity index (χ2v) is 14.3. The van der Waals surface area contributed by atoms with E-state index < -0.39 is 0 Å². The van der Waals surface area contributed by atoms with Crippen LogP contribution in [0, 0.1) is 12.3 Å². The van der Waals surface area contributed by atoms with Gasteiger partial charge in [0.05, 0.1) is 11.2 Å². The number of carbonyl (C=O) groups excluding carboxylic acids is 1. The zero-order valence-electron chi connectivity index (χ0n) is 25.2. The fourth-order valence-electron chi connectivity index (χ4n) is 5.84. The van der Waals surface area contributed by atoms with Crippen LogP contribution in [0.1, 0.15) is 92.1 Å². The highest BCUT2D eigenvalue weighted by Gasteiger charge is 2.43. The van der Waals surface area contributed by atoms with E-state index in [9.17, 15) is 4.79 Å². The predicted molar refractivity (Wildman–Crippen MR) is 177 cm³/mol. The zero-order chi connectivity index (χ0) is 29.0. The maximum Gasteiger partial charge on any atom is 0.130 e. The number of pyridine rings is 1. The van der Waals surface area contributed by atoms with Gasteiger partial charge in [-0.25, -0.2) is 4.98 Å². The summed E-state index contributed by atoms with van der Waals surface area (Å²) < 4.78 is 0. The van der Waals surface area contributed by atoms with Crippen LogP contribution in [0.2, 0.25) is 0 Å². The van der Waals surface area contributed by atoms with Gasteiger partial charge in [-0.3, -0.25) is 0 Å². The SMILES string of the molecule is CC(=O)CC1(CSC(CCc2ccccc2C(C)(C)C)c2cccc(/C=C/c3ccc4ccc(C)cc4n3)c2)CC1. The average Bonchev–Trinajstić information content (AvgIpc) is 3.70. The number of thioether (sulfide) groups is 1. The monoisotopic (exact) mass is 561 g/mol. The molecule has 4 aromatic rings. The number of aryl methyl sites for hydroxylation is 2.